The lowest BCUT2D eigenvalue weighted by molar-refractivity contribution is 0.424. The van der Waals surface area contributed by atoms with Gasteiger partial charge in [-0.05, 0) is 50.6 Å². The summed E-state index contributed by atoms with van der Waals surface area (Å²) in [5.74, 6) is 2.09. The quantitative estimate of drug-likeness (QED) is 0.834. The van der Waals surface area contributed by atoms with E-state index in [1.807, 2.05) is 11.3 Å². The monoisotopic (exact) mass is 277 g/mol. The molecule has 104 valence electrons. The summed E-state index contributed by atoms with van der Waals surface area (Å²) in [7, 11) is 0. The van der Waals surface area contributed by atoms with Crippen molar-refractivity contribution in [2.45, 2.75) is 46.6 Å². The van der Waals surface area contributed by atoms with Crippen molar-refractivity contribution in [1.29, 1.82) is 0 Å². The third-order valence-corrected chi connectivity index (χ3v) is 4.60. The van der Waals surface area contributed by atoms with Crippen molar-refractivity contribution in [2.24, 2.45) is 0 Å². The molecule has 0 spiro atoms. The third-order valence-electron chi connectivity index (χ3n) is 3.38. The van der Waals surface area contributed by atoms with Gasteiger partial charge in [-0.25, -0.2) is 0 Å². The molecule has 1 N–H and O–H groups in total. The molecule has 2 heterocycles. The van der Waals surface area contributed by atoms with Gasteiger partial charge in [-0.15, -0.1) is 11.3 Å². The van der Waals surface area contributed by atoms with Crippen LogP contribution in [0.15, 0.2) is 22.6 Å². The summed E-state index contributed by atoms with van der Waals surface area (Å²) in [6, 6.07) is 6.67. The van der Waals surface area contributed by atoms with Crippen LogP contribution >= 0.6 is 11.3 Å². The second-order valence-corrected chi connectivity index (χ2v) is 6.22. The number of hydrogen-bond donors (Lipinski definition) is 1. The van der Waals surface area contributed by atoms with Crippen LogP contribution in [0, 0.1) is 13.8 Å². The molecule has 1 unspecified atom stereocenters. The van der Waals surface area contributed by atoms with Gasteiger partial charge < -0.3 is 9.73 Å². The Morgan fingerprint density at radius 2 is 2.05 bits per heavy atom. The molecular formula is C16H23NOS. The van der Waals surface area contributed by atoms with Crippen LogP contribution in [0.25, 0.3) is 0 Å². The second kappa shape index (κ2) is 6.40. The molecule has 2 nitrogen and oxygen atoms in total. The molecule has 0 aliphatic heterocycles. The molecule has 0 amide bonds. The second-order valence-electron chi connectivity index (χ2n) is 4.93. The predicted molar refractivity (Wildman–Crippen MR) is 82.0 cm³/mol. The number of nitrogens with one attached hydrogen (secondary N) is 1. The van der Waals surface area contributed by atoms with E-state index in [4.69, 9.17) is 4.42 Å². The van der Waals surface area contributed by atoms with Crippen LogP contribution in [0.4, 0.5) is 0 Å². The molecule has 1 atom stereocenters. The predicted octanol–water partition coefficient (Wildman–Crippen LogP) is 4.61. The Morgan fingerprint density at radius 1 is 1.26 bits per heavy atom. The topological polar surface area (TPSA) is 25.2 Å². The minimum Gasteiger partial charge on any atom is -0.464 e. The molecule has 2 aromatic rings. The summed E-state index contributed by atoms with van der Waals surface area (Å²) in [4.78, 5) is 2.74. The van der Waals surface area contributed by atoms with Gasteiger partial charge in [0.05, 0.1) is 0 Å². The fourth-order valence-electron chi connectivity index (χ4n) is 2.11. The van der Waals surface area contributed by atoms with E-state index in [1.165, 1.54) is 15.3 Å². The lowest BCUT2D eigenvalue weighted by atomic mass is 10.1. The van der Waals surface area contributed by atoms with E-state index in [0.717, 1.165) is 30.9 Å². The average Bonchev–Trinajstić information content (AvgIpc) is 2.98. The highest BCUT2D eigenvalue weighted by molar-refractivity contribution is 7.12. The average molecular weight is 277 g/mol. The molecule has 3 heteroatoms. The molecule has 0 radical (unpaired) electrons. The molecule has 2 aromatic heterocycles. The Bertz CT molecular complexity index is 507. The molecular weight excluding hydrogens is 254 g/mol. The van der Waals surface area contributed by atoms with Crippen molar-refractivity contribution in [2.75, 3.05) is 6.54 Å². The minimum atomic E-state index is 0.192. The van der Waals surface area contributed by atoms with E-state index >= 15 is 0 Å². The standard InChI is InChI=1S/C16H23NOS/c1-5-9-17-16(14-8-7-13(6-2)18-14)15-10-11(3)12(4)19-15/h7-8,10,16-17H,5-6,9H2,1-4H3. The van der Waals surface area contributed by atoms with Crippen LogP contribution in [0.1, 0.15) is 53.1 Å². The van der Waals surface area contributed by atoms with Crippen molar-refractivity contribution >= 4 is 11.3 Å². The summed E-state index contributed by atoms with van der Waals surface area (Å²) >= 11 is 1.86. The molecule has 2 rings (SSSR count). The van der Waals surface area contributed by atoms with Crippen molar-refractivity contribution in [1.82, 2.24) is 5.32 Å². The van der Waals surface area contributed by atoms with Gasteiger partial charge in [0.1, 0.15) is 17.6 Å². The maximum Gasteiger partial charge on any atom is 0.126 e. The van der Waals surface area contributed by atoms with Gasteiger partial charge in [-0.2, -0.15) is 0 Å². The number of aryl methyl sites for hydroxylation is 3. The van der Waals surface area contributed by atoms with E-state index < -0.39 is 0 Å². The Labute approximate surface area is 119 Å². The van der Waals surface area contributed by atoms with E-state index in [1.54, 1.807) is 0 Å². The third kappa shape index (κ3) is 3.28. The zero-order valence-corrected chi connectivity index (χ0v) is 13.1. The Kier molecular flexibility index (Phi) is 4.83. The number of furan rings is 1. The maximum atomic E-state index is 5.94. The molecule has 0 aliphatic carbocycles. The molecule has 0 fully saturated rings. The largest absolute Gasteiger partial charge is 0.464 e. The fourth-order valence-corrected chi connectivity index (χ4v) is 3.24. The number of hydrogen-bond acceptors (Lipinski definition) is 3. The normalized spacial score (nSPS) is 12.8. The first-order valence-corrected chi connectivity index (χ1v) is 7.86. The van der Waals surface area contributed by atoms with Crippen LogP contribution in [0.2, 0.25) is 0 Å². The highest BCUT2D eigenvalue weighted by Gasteiger charge is 2.19. The SMILES string of the molecule is CCCNC(c1ccc(CC)o1)c1cc(C)c(C)s1. The fraction of sp³-hybridized carbons (Fsp3) is 0.500. The zero-order chi connectivity index (χ0) is 13.8. The van der Waals surface area contributed by atoms with Gasteiger partial charge in [0.25, 0.3) is 0 Å². The highest BCUT2D eigenvalue weighted by Crippen LogP contribution is 2.31. The van der Waals surface area contributed by atoms with Crippen molar-refractivity contribution < 1.29 is 4.42 Å². The molecule has 0 aromatic carbocycles. The summed E-state index contributed by atoms with van der Waals surface area (Å²) in [5, 5.41) is 3.60. The van der Waals surface area contributed by atoms with Gasteiger partial charge in [0.2, 0.25) is 0 Å². The summed E-state index contributed by atoms with van der Waals surface area (Å²) < 4.78 is 5.94. The smallest absolute Gasteiger partial charge is 0.126 e. The molecule has 0 saturated carbocycles. The Morgan fingerprint density at radius 3 is 2.58 bits per heavy atom. The van der Waals surface area contributed by atoms with Crippen molar-refractivity contribution in [3.63, 3.8) is 0 Å². The first-order chi connectivity index (χ1) is 9.15. The van der Waals surface area contributed by atoms with E-state index in [-0.39, 0.29) is 6.04 Å². The van der Waals surface area contributed by atoms with Crippen LogP contribution in [0.3, 0.4) is 0 Å². The summed E-state index contributed by atoms with van der Waals surface area (Å²) in [5.41, 5.74) is 1.37. The first-order valence-electron chi connectivity index (χ1n) is 7.04. The number of rotatable bonds is 6. The van der Waals surface area contributed by atoms with E-state index in [0.29, 0.717) is 0 Å². The van der Waals surface area contributed by atoms with Gasteiger partial charge in [0, 0.05) is 16.2 Å². The van der Waals surface area contributed by atoms with Crippen LogP contribution in [-0.4, -0.2) is 6.54 Å². The van der Waals surface area contributed by atoms with Crippen molar-refractivity contribution in [3.05, 3.63) is 45.0 Å². The molecule has 0 bridgehead atoms. The minimum absolute atomic E-state index is 0.192. The molecule has 0 aliphatic rings. The Hall–Kier alpha value is -1.06. The van der Waals surface area contributed by atoms with Crippen LogP contribution < -0.4 is 5.32 Å². The van der Waals surface area contributed by atoms with E-state index in [2.05, 4.69) is 51.2 Å². The van der Waals surface area contributed by atoms with Gasteiger partial charge in [0.15, 0.2) is 0 Å². The van der Waals surface area contributed by atoms with Crippen molar-refractivity contribution in [3.8, 4) is 0 Å². The zero-order valence-electron chi connectivity index (χ0n) is 12.2. The maximum absolute atomic E-state index is 5.94. The number of thiophene rings is 1. The van der Waals surface area contributed by atoms with Gasteiger partial charge in [-0.1, -0.05) is 13.8 Å². The molecule has 0 saturated heterocycles. The summed E-state index contributed by atoms with van der Waals surface area (Å²) in [6.45, 7) is 9.67. The van der Waals surface area contributed by atoms with Gasteiger partial charge >= 0.3 is 0 Å². The lowest BCUT2D eigenvalue weighted by Crippen LogP contribution is -2.21. The van der Waals surface area contributed by atoms with E-state index in [9.17, 15) is 0 Å². The Balaban J connectivity index is 2.29. The van der Waals surface area contributed by atoms with Crippen LogP contribution in [0.5, 0.6) is 0 Å². The lowest BCUT2D eigenvalue weighted by Gasteiger charge is -2.14. The first kappa shape index (κ1) is 14.4. The highest BCUT2D eigenvalue weighted by atomic mass is 32.1. The molecule has 19 heavy (non-hydrogen) atoms. The van der Waals surface area contributed by atoms with Crippen LogP contribution in [-0.2, 0) is 6.42 Å². The summed E-state index contributed by atoms with van der Waals surface area (Å²) in [6.07, 6.45) is 2.07. The van der Waals surface area contributed by atoms with Gasteiger partial charge in [-0.3, -0.25) is 0 Å².